The molecule has 1 aliphatic heterocycles. The summed E-state index contributed by atoms with van der Waals surface area (Å²) in [4.78, 5) is 23.5. The lowest BCUT2D eigenvalue weighted by Crippen LogP contribution is -2.35. The largest absolute Gasteiger partial charge is 0.586 e. The molecule has 0 aliphatic carbocycles. The third-order valence-electron chi connectivity index (χ3n) is 3.08. The van der Waals surface area contributed by atoms with Crippen molar-refractivity contribution in [1.82, 2.24) is 5.32 Å². The molecule has 3 rings (SSSR count). The quantitative estimate of drug-likeness (QED) is 0.810. The van der Waals surface area contributed by atoms with Gasteiger partial charge in [-0.05, 0) is 24.3 Å². The maximum absolute atomic E-state index is 13.5. The van der Waals surface area contributed by atoms with E-state index in [0.29, 0.717) is 0 Å². The SMILES string of the molecule is O=C(NC(=O)c1c(F)cccc1F)Nc1ccc2c(c1)OC(F)(F)O2. The average molecular weight is 356 g/mol. The normalized spacial score (nSPS) is 14.1. The fraction of sp³-hybridized carbons (Fsp3) is 0.0667. The average Bonchev–Trinajstić information content (AvgIpc) is 2.80. The van der Waals surface area contributed by atoms with Crippen molar-refractivity contribution >= 4 is 17.6 Å². The number of urea groups is 1. The van der Waals surface area contributed by atoms with Crippen LogP contribution in [0.3, 0.4) is 0 Å². The van der Waals surface area contributed by atoms with Crippen molar-refractivity contribution in [3.05, 3.63) is 53.6 Å². The lowest BCUT2D eigenvalue weighted by Gasteiger charge is -2.08. The third kappa shape index (κ3) is 3.47. The van der Waals surface area contributed by atoms with Crippen molar-refractivity contribution in [2.75, 3.05) is 5.32 Å². The molecule has 0 spiro atoms. The molecule has 6 nitrogen and oxygen atoms in total. The highest BCUT2D eigenvalue weighted by molar-refractivity contribution is 6.08. The molecule has 0 unspecified atom stereocenters. The van der Waals surface area contributed by atoms with Gasteiger partial charge < -0.3 is 14.8 Å². The molecule has 0 fully saturated rings. The summed E-state index contributed by atoms with van der Waals surface area (Å²) in [5.41, 5.74) is -0.942. The third-order valence-corrected chi connectivity index (χ3v) is 3.08. The predicted molar refractivity (Wildman–Crippen MR) is 75.5 cm³/mol. The number of hydrogen-bond donors (Lipinski definition) is 2. The van der Waals surface area contributed by atoms with Crippen molar-refractivity contribution in [2.24, 2.45) is 0 Å². The second kappa shape index (κ2) is 5.96. The van der Waals surface area contributed by atoms with E-state index in [-0.39, 0.29) is 17.2 Å². The lowest BCUT2D eigenvalue weighted by molar-refractivity contribution is -0.286. The monoisotopic (exact) mass is 356 g/mol. The molecular weight excluding hydrogens is 348 g/mol. The fourth-order valence-corrected chi connectivity index (χ4v) is 2.07. The highest BCUT2D eigenvalue weighted by Crippen LogP contribution is 2.42. The predicted octanol–water partition coefficient (Wildman–Crippen LogP) is 3.25. The summed E-state index contributed by atoms with van der Waals surface area (Å²) in [7, 11) is 0. The van der Waals surface area contributed by atoms with Gasteiger partial charge in [-0.15, -0.1) is 8.78 Å². The van der Waals surface area contributed by atoms with E-state index in [1.165, 1.54) is 6.07 Å². The number of benzene rings is 2. The van der Waals surface area contributed by atoms with E-state index < -0.39 is 35.4 Å². The number of nitrogens with one attached hydrogen (secondary N) is 2. The molecule has 0 bridgehead atoms. The molecule has 1 aliphatic rings. The number of imide groups is 1. The Balaban J connectivity index is 1.69. The zero-order valence-corrected chi connectivity index (χ0v) is 12.1. The van der Waals surface area contributed by atoms with Gasteiger partial charge in [0.15, 0.2) is 11.5 Å². The minimum Gasteiger partial charge on any atom is -0.395 e. The molecule has 130 valence electrons. The zero-order valence-electron chi connectivity index (χ0n) is 12.1. The van der Waals surface area contributed by atoms with Gasteiger partial charge in [0.1, 0.15) is 17.2 Å². The van der Waals surface area contributed by atoms with Crippen molar-refractivity contribution in [3.63, 3.8) is 0 Å². The van der Waals surface area contributed by atoms with Crippen LogP contribution in [0.5, 0.6) is 11.5 Å². The van der Waals surface area contributed by atoms with Crippen LogP contribution in [0.15, 0.2) is 36.4 Å². The van der Waals surface area contributed by atoms with Crippen LogP contribution in [0, 0.1) is 11.6 Å². The van der Waals surface area contributed by atoms with Crippen LogP contribution >= 0.6 is 0 Å². The number of ether oxygens (including phenoxy) is 2. The summed E-state index contributed by atoms with van der Waals surface area (Å²) in [6.07, 6.45) is -3.82. The number of carbonyl (C=O) groups excluding carboxylic acids is 2. The molecule has 2 aromatic rings. The smallest absolute Gasteiger partial charge is 0.395 e. The molecule has 1 heterocycles. The van der Waals surface area contributed by atoms with E-state index in [0.717, 1.165) is 30.3 Å². The molecule has 10 heteroatoms. The Morgan fingerprint density at radius 1 is 0.960 bits per heavy atom. The van der Waals surface area contributed by atoms with E-state index >= 15 is 0 Å². The number of hydrogen-bond acceptors (Lipinski definition) is 4. The van der Waals surface area contributed by atoms with Crippen LogP contribution in [-0.2, 0) is 0 Å². The second-order valence-corrected chi connectivity index (χ2v) is 4.83. The van der Waals surface area contributed by atoms with Crippen molar-refractivity contribution < 1.29 is 36.6 Å². The summed E-state index contributed by atoms with van der Waals surface area (Å²) in [6.45, 7) is 0. The summed E-state index contributed by atoms with van der Waals surface area (Å²) in [5.74, 6) is -4.15. The zero-order chi connectivity index (χ0) is 18.2. The summed E-state index contributed by atoms with van der Waals surface area (Å²) < 4.78 is 61.1. The molecule has 2 aromatic carbocycles. The molecule has 0 atom stereocenters. The first-order valence-corrected chi connectivity index (χ1v) is 6.71. The van der Waals surface area contributed by atoms with Crippen LogP contribution in [0.25, 0.3) is 0 Å². The first kappa shape index (κ1) is 16.6. The molecule has 25 heavy (non-hydrogen) atoms. The van der Waals surface area contributed by atoms with Gasteiger partial charge in [-0.2, -0.15) is 0 Å². The van der Waals surface area contributed by atoms with Crippen molar-refractivity contribution in [1.29, 1.82) is 0 Å². The van der Waals surface area contributed by atoms with Gasteiger partial charge in [0, 0.05) is 11.8 Å². The maximum atomic E-state index is 13.5. The number of amides is 3. The Bertz CT molecular complexity index is 852. The van der Waals surface area contributed by atoms with E-state index in [2.05, 4.69) is 14.8 Å². The maximum Gasteiger partial charge on any atom is 0.586 e. The van der Waals surface area contributed by atoms with E-state index in [1.54, 1.807) is 5.32 Å². The van der Waals surface area contributed by atoms with Gasteiger partial charge in [-0.25, -0.2) is 13.6 Å². The van der Waals surface area contributed by atoms with Gasteiger partial charge in [0.25, 0.3) is 5.91 Å². The highest BCUT2D eigenvalue weighted by atomic mass is 19.3. The number of fused-ring (bicyclic) bond motifs is 1. The number of anilines is 1. The van der Waals surface area contributed by atoms with Crippen LogP contribution in [0.1, 0.15) is 10.4 Å². The molecule has 2 N–H and O–H groups in total. The van der Waals surface area contributed by atoms with E-state index in [4.69, 9.17) is 0 Å². The number of rotatable bonds is 2. The standard InChI is InChI=1S/C15H8F4N2O4/c16-8-2-1-3-9(17)12(8)13(22)21-14(23)20-7-4-5-10-11(6-7)25-15(18,19)24-10/h1-6H,(H2,20,21,22,23). The van der Waals surface area contributed by atoms with Gasteiger partial charge in [0.05, 0.1) is 0 Å². The van der Waals surface area contributed by atoms with Crippen LogP contribution < -0.4 is 20.1 Å². The Morgan fingerprint density at radius 2 is 1.60 bits per heavy atom. The fourth-order valence-electron chi connectivity index (χ4n) is 2.07. The van der Waals surface area contributed by atoms with Gasteiger partial charge in [-0.3, -0.25) is 10.1 Å². The van der Waals surface area contributed by atoms with Crippen molar-refractivity contribution in [3.8, 4) is 11.5 Å². The summed E-state index contributed by atoms with van der Waals surface area (Å²) in [6, 6.07) is 5.00. The summed E-state index contributed by atoms with van der Waals surface area (Å²) >= 11 is 0. The van der Waals surface area contributed by atoms with Crippen LogP contribution in [0.4, 0.5) is 28.0 Å². The molecular formula is C15H8F4N2O4. The van der Waals surface area contributed by atoms with Crippen molar-refractivity contribution in [2.45, 2.75) is 6.29 Å². The highest BCUT2D eigenvalue weighted by Gasteiger charge is 2.43. The minimum absolute atomic E-state index is 0.0145. The Morgan fingerprint density at radius 3 is 2.28 bits per heavy atom. The Kier molecular flexibility index (Phi) is 3.95. The molecule has 0 radical (unpaired) electrons. The number of carbonyl (C=O) groups is 2. The van der Waals surface area contributed by atoms with E-state index in [9.17, 15) is 27.2 Å². The van der Waals surface area contributed by atoms with Gasteiger partial charge >= 0.3 is 12.3 Å². The first-order chi connectivity index (χ1) is 11.7. The first-order valence-electron chi connectivity index (χ1n) is 6.71. The molecule has 0 aromatic heterocycles. The Labute approximate surface area is 137 Å². The number of halogens is 4. The van der Waals surface area contributed by atoms with Crippen LogP contribution in [-0.4, -0.2) is 18.2 Å². The lowest BCUT2D eigenvalue weighted by atomic mass is 10.2. The molecule has 3 amide bonds. The number of alkyl halides is 2. The minimum atomic E-state index is -3.82. The second-order valence-electron chi connectivity index (χ2n) is 4.83. The van der Waals surface area contributed by atoms with Gasteiger partial charge in [0.2, 0.25) is 0 Å². The Hall–Kier alpha value is -3.30. The molecule has 0 saturated carbocycles. The van der Waals surface area contributed by atoms with Gasteiger partial charge in [-0.1, -0.05) is 6.07 Å². The van der Waals surface area contributed by atoms with E-state index in [1.807, 2.05) is 0 Å². The summed E-state index contributed by atoms with van der Waals surface area (Å²) in [5, 5.41) is 3.86. The van der Waals surface area contributed by atoms with Crippen LogP contribution in [0.2, 0.25) is 0 Å². The molecule has 0 saturated heterocycles. The topological polar surface area (TPSA) is 76.7 Å².